The molecule has 1 aromatic heterocycles. The van der Waals surface area contributed by atoms with Crippen LogP contribution in [0.15, 0.2) is 72.8 Å². The third kappa shape index (κ3) is 17.8. The van der Waals surface area contributed by atoms with Crippen molar-refractivity contribution < 1.29 is 56.6 Å². The molecule has 1 heterocycles. The second kappa shape index (κ2) is 24.2. The largest absolute Gasteiger partial charge is 0.494 e. The molecule has 4 aromatic rings. The number of nitrogens with zero attached hydrogens (tertiary/aromatic N) is 5. The molecule has 0 fully saturated rings. The Morgan fingerprint density at radius 2 is 1.23 bits per heavy atom. The van der Waals surface area contributed by atoms with Gasteiger partial charge in [0.05, 0.1) is 35.7 Å². The smallest absolute Gasteiger partial charge is 0.295 e. The van der Waals surface area contributed by atoms with Gasteiger partial charge in [-0.3, -0.25) is 18.2 Å². The standard InChI is InChI=1S/C27H30N6O13S6.4Na/c1-16-12-21(28-25-29-26(47-8-4-10-49(34,35)36)31-27(30-25)48-9-5-11-50(37,38)39)22(46-2)15-20(16)33-32-17-13-19-18(24(14-17)52(43,44)45)6-3-7-23(19)51(40,41)42;;;;/h3,6-7,12-15H,4-5,8-11H2,1-2H3,(H,34,35,36)(H,37,38,39)(H,40,41,42)(H,43,44,45)(H,28,29,30,31);;;;. The number of nitrogens with one attached hydrogen (secondary N) is 1. The first kappa shape index (κ1) is 56.5. The van der Waals surface area contributed by atoms with Crippen molar-refractivity contribution in [3.8, 4) is 5.75 Å². The van der Waals surface area contributed by atoms with Gasteiger partial charge < -0.3 is 10.1 Å². The monoisotopic (exact) mass is 930 g/mol. The fourth-order valence-corrected chi connectivity index (χ4v) is 8.83. The maximum absolute atomic E-state index is 12.2. The number of fused-ring (bicyclic) bond motifs is 1. The van der Waals surface area contributed by atoms with E-state index in [0.717, 1.165) is 35.7 Å². The molecule has 0 atom stereocenters. The zero-order valence-corrected chi connectivity index (χ0v) is 43.8. The van der Waals surface area contributed by atoms with Crippen LogP contribution in [0.1, 0.15) is 18.4 Å². The van der Waals surface area contributed by atoms with Gasteiger partial charge in [-0.1, -0.05) is 35.7 Å². The topological polar surface area (TPSA) is 302 Å². The van der Waals surface area contributed by atoms with Crippen LogP contribution in [0.4, 0.5) is 23.0 Å². The van der Waals surface area contributed by atoms with Gasteiger partial charge in [-0.15, -0.1) is 0 Å². The molecule has 0 amide bonds. The number of benzene rings is 3. The molecular weight excluding hydrogens is 901 g/mol. The molecule has 286 valence electrons. The summed E-state index contributed by atoms with van der Waals surface area (Å²) < 4.78 is 136. The number of hydrogen-bond donors (Lipinski definition) is 5. The number of anilines is 2. The zero-order chi connectivity index (χ0) is 38.5. The van der Waals surface area contributed by atoms with Gasteiger partial charge in [0.25, 0.3) is 40.5 Å². The molecule has 0 aliphatic carbocycles. The molecule has 0 spiro atoms. The Labute approximate surface area is 420 Å². The Morgan fingerprint density at radius 3 is 1.71 bits per heavy atom. The first-order valence-corrected chi connectivity index (χ1v) is 22.5. The average Bonchev–Trinajstić information content (AvgIpc) is 3.02. The number of aryl methyl sites for hydroxylation is 1. The summed E-state index contributed by atoms with van der Waals surface area (Å²) in [6, 6.07) is 8.72. The minimum Gasteiger partial charge on any atom is -0.494 e. The van der Waals surface area contributed by atoms with Crippen molar-refractivity contribution in [1.82, 2.24) is 15.0 Å². The van der Waals surface area contributed by atoms with Crippen molar-refractivity contribution in [1.29, 1.82) is 0 Å². The van der Waals surface area contributed by atoms with Gasteiger partial charge in [-0.2, -0.15) is 58.9 Å². The molecule has 5 N–H and O–H groups in total. The van der Waals surface area contributed by atoms with E-state index < -0.39 is 61.8 Å². The Morgan fingerprint density at radius 1 is 0.696 bits per heavy atom. The van der Waals surface area contributed by atoms with E-state index >= 15 is 0 Å². The molecule has 0 saturated carbocycles. The second-order valence-electron chi connectivity index (χ2n) is 10.6. The molecule has 4 rings (SSSR count). The Balaban J connectivity index is 0.00000756. The van der Waals surface area contributed by atoms with Crippen LogP contribution in [-0.4, -0.2) is 215 Å². The number of thioether (sulfide) groups is 2. The van der Waals surface area contributed by atoms with Crippen LogP contribution in [0.25, 0.3) is 10.8 Å². The first-order valence-electron chi connectivity index (χ1n) is 14.4. The summed E-state index contributed by atoms with van der Waals surface area (Å²) in [6.45, 7) is 1.65. The van der Waals surface area contributed by atoms with Crippen molar-refractivity contribution in [2.24, 2.45) is 10.2 Å². The van der Waals surface area contributed by atoms with Gasteiger partial charge in [0.1, 0.15) is 15.5 Å². The van der Waals surface area contributed by atoms with Crippen LogP contribution in [0.2, 0.25) is 0 Å². The number of rotatable bonds is 17. The molecule has 4 radical (unpaired) electrons. The summed E-state index contributed by atoms with van der Waals surface area (Å²) in [6.07, 6.45) is 0.186. The van der Waals surface area contributed by atoms with Crippen molar-refractivity contribution >= 4 is 216 Å². The second-order valence-corrected chi connectivity index (χ2v) is 18.7. The molecule has 56 heavy (non-hydrogen) atoms. The van der Waals surface area contributed by atoms with Crippen LogP contribution in [-0.2, 0) is 40.5 Å². The molecule has 0 bridgehead atoms. The fourth-order valence-electron chi connectivity index (χ4n) is 4.42. The Bertz CT molecular complexity index is 2430. The SMILES string of the molecule is COc1cc(N=Nc2cc(S(=O)(=O)O)c3cccc(S(=O)(=O)O)c3c2)c(C)cc1Nc1nc(SCCCS(=O)(=O)O)nc(SCCCS(=O)(=O)O)n1.[Na].[Na].[Na].[Na]. The van der Waals surface area contributed by atoms with Crippen LogP contribution >= 0.6 is 23.5 Å². The van der Waals surface area contributed by atoms with Crippen molar-refractivity contribution in [3.63, 3.8) is 0 Å². The van der Waals surface area contributed by atoms with Crippen LogP contribution in [0, 0.1) is 6.92 Å². The predicted octanol–water partition coefficient (Wildman–Crippen LogP) is 3.21. The zero-order valence-electron chi connectivity index (χ0n) is 30.9. The predicted molar refractivity (Wildman–Crippen MR) is 215 cm³/mol. The van der Waals surface area contributed by atoms with E-state index in [4.69, 9.17) is 13.8 Å². The number of ether oxygens (including phenoxy) is 1. The number of methoxy groups -OCH3 is 1. The van der Waals surface area contributed by atoms with E-state index in [1.807, 2.05) is 0 Å². The summed E-state index contributed by atoms with van der Waals surface area (Å²) in [5.74, 6) is -0.268. The maximum atomic E-state index is 12.2. The van der Waals surface area contributed by atoms with E-state index in [2.05, 4.69) is 30.5 Å². The quantitative estimate of drug-likeness (QED) is 0.0334. The number of aromatic nitrogens is 3. The van der Waals surface area contributed by atoms with E-state index in [1.54, 1.807) is 13.0 Å². The van der Waals surface area contributed by atoms with E-state index in [9.17, 15) is 42.8 Å². The van der Waals surface area contributed by atoms with Crippen LogP contribution < -0.4 is 10.1 Å². The minimum atomic E-state index is -4.88. The summed E-state index contributed by atoms with van der Waals surface area (Å²) >= 11 is 2.16. The Kier molecular flexibility index (Phi) is 24.4. The molecule has 3 aromatic carbocycles. The van der Waals surface area contributed by atoms with Gasteiger partial charge >= 0.3 is 0 Å². The third-order valence-electron chi connectivity index (χ3n) is 6.65. The molecule has 0 aliphatic rings. The Hall–Kier alpha value is 0.470. The molecule has 0 saturated heterocycles. The van der Waals surface area contributed by atoms with E-state index in [0.29, 0.717) is 11.3 Å². The molecule has 0 unspecified atom stereocenters. The van der Waals surface area contributed by atoms with Gasteiger partial charge in [0.15, 0.2) is 10.3 Å². The molecule has 0 aliphatic heterocycles. The summed E-state index contributed by atoms with van der Waals surface area (Å²) in [5.41, 5.74) is 0.882. The van der Waals surface area contributed by atoms with Crippen molar-refractivity contribution in [2.45, 2.75) is 39.9 Å². The van der Waals surface area contributed by atoms with Crippen LogP contribution in [0.5, 0.6) is 5.75 Å². The summed E-state index contributed by atoms with van der Waals surface area (Å²) in [4.78, 5) is 11.7. The van der Waals surface area contributed by atoms with Crippen LogP contribution in [0.3, 0.4) is 0 Å². The third-order valence-corrected chi connectivity index (χ3v) is 11.9. The van der Waals surface area contributed by atoms with Gasteiger partial charge in [0.2, 0.25) is 5.95 Å². The van der Waals surface area contributed by atoms with Crippen molar-refractivity contribution in [3.05, 3.63) is 48.0 Å². The first-order chi connectivity index (χ1) is 24.1. The van der Waals surface area contributed by atoms with E-state index in [-0.39, 0.29) is 187 Å². The maximum Gasteiger partial charge on any atom is 0.295 e. The normalized spacial score (nSPS) is 11.9. The summed E-state index contributed by atoms with van der Waals surface area (Å²) in [7, 11) is -16.7. The average molecular weight is 931 g/mol. The van der Waals surface area contributed by atoms with Gasteiger partial charge in [-0.05, 0) is 49.6 Å². The molecule has 19 nitrogen and oxygen atoms in total. The molecular formula is C27H30N6Na4O13S6. The fraction of sp³-hybridized carbons (Fsp3) is 0.296. The number of hydrogen-bond acceptors (Lipinski definition) is 17. The summed E-state index contributed by atoms with van der Waals surface area (Å²) in [5, 5.41) is 11.2. The molecule has 29 heteroatoms. The van der Waals surface area contributed by atoms with Gasteiger partial charge in [0, 0.05) is 147 Å². The van der Waals surface area contributed by atoms with Gasteiger partial charge in [-0.25, -0.2) is 0 Å². The van der Waals surface area contributed by atoms with E-state index in [1.165, 1.54) is 31.4 Å². The minimum absolute atomic E-state index is 0. The number of azo groups is 1. The van der Waals surface area contributed by atoms with Crippen molar-refractivity contribution in [2.75, 3.05) is 35.4 Å².